The fourth-order valence-electron chi connectivity index (χ4n) is 0.757. The average molecular weight is 259 g/mol. The van der Waals surface area contributed by atoms with Gasteiger partial charge in [0.1, 0.15) is 0 Å². The maximum absolute atomic E-state index is 8.56. The number of alkyl halides is 1. The summed E-state index contributed by atoms with van der Waals surface area (Å²) in [5, 5.41) is 8.56. The van der Waals surface area contributed by atoms with Crippen LogP contribution in [0, 0.1) is 11.3 Å². The van der Waals surface area contributed by atoms with E-state index in [1.54, 1.807) is 6.07 Å². The van der Waals surface area contributed by atoms with Crippen molar-refractivity contribution in [3.8, 4) is 6.07 Å². The zero-order chi connectivity index (χ0) is 8.10. The van der Waals surface area contributed by atoms with E-state index in [0.29, 0.717) is 5.56 Å². The Morgan fingerprint density at radius 2 is 2.36 bits per heavy atom. The summed E-state index contributed by atoms with van der Waals surface area (Å²) in [6, 6.07) is 9.63. The number of nitrogens with one attached hydrogen (secondary N) is 1. The van der Waals surface area contributed by atoms with Crippen molar-refractivity contribution >= 4 is 5.69 Å². The Morgan fingerprint density at radius 3 is 3.00 bits per heavy atom. The van der Waals surface area contributed by atoms with Gasteiger partial charge < -0.3 is 0 Å². The predicted molar refractivity (Wildman–Crippen MR) is 40.7 cm³/mol. The van der Waals surface area contributed by atoms with Crippen molar-refractivity contribution in [2.75, 3.05) is 8.46 Å². The van der Waals surface area contributed by atoms with E-state index in [2.05, 4.69) is 14.5 Å². The third kappa shape index (κ3) is 2.39. The van der Waals surface area contributed by atoms with Gasteiger partial charge in [0.25, 0.3) is 0 Å². The second-order valence-corrected chi connectivity index (χ2v) is 3.59. The topological polar surface area (TPSA) is 35.8 Å². The van der Waals surface area contributed by atoms with Gasteiger partial charge in [-0.25, -0.2) is 0 Å². The number of nitrogens with zero attached hydrogens (tertiary/aromatic N) is 1. The Bertz CT molecular complexity index is 278. The van der Waals surface area contributed by atoms with Crippen LogP contribution in [0.1, 0.15) is 5.56 Å². The fourth-order valence-corrected chi connectivity index (χ4v) is 1.71. The van der Waals surface area contributed by atoms with E-state index >= 15 is 0 Å². The van der Waals surface area contributed by atoms with Crippen LogP contribution < -0.4 is 25.0 Å². The van der Waals surface area contributed by atoms with Crippen LogP contribution in [-0.2, 0) is 0 Å². The molecule has 2 nitrogen and oxygen atoms in total. The molecule has 0 saturated carbocycles. The summed E-state index contributed by atoms with van der Waals surface area (Å²) in [4.78, 5) is 2.14. The van der Waals surface area contributed by atoms with Crippen molar-refractivity contribution < 1.29 is 21.5 Å². The fraction of sp³-hybridized carbons (Fsp3) is 0.125. The summed E-state index contributed by atoms with van der Waals surface area (Å²) >= 11 is 0.0513. The van der Waals surface area contributed by atoms with Gasteiger partial charge in [-0.2, -0.15) is 0 Å². The van der Waals surface area contributed by atoms with Gasteiger partial charge in [0.15, 0.2) is 0 Å². The molecule has 0 fully saturated rings. The van der Waals surface area contributed by atoms with Crippen LogP contribution in [0.5, 0.6) is 0 Å². The van der Waals surface area contributed by atoms with Crippen LogP contribution in [0.2, 0.25) is 0 Å². The molecule has 0 bridgehead atoms. The minimum atomic E-state index is 0.0513. The first-order valence-electron chi connectivity index (χ1n) is 3.11. The van der Waals surface area contributed by atoms with Crippen molar-refractivity contribution in [1.29, 1.82) is 5.26 Å². The van der Waals surface area contributed by atoms with Gasteiger partial charge in [0, 0.05) is 0 Å². The molecule has 1 aromatic rings. The summed E-state index contributed by atoms with van der Waals surface area (Å²) in [5.41, 5.74) is 1.77. The molecule has 3 heteroatoms. The van der Waals surface area contributed by atoms with Crippen molar-refractivity contribution in [1.82, 2.24) is 0 Å². The second-order valence-electron chi connectivity index (χ2n) is 1.98. The van der Waals surface area contributed by atoms with Crippen molar-refractivity contribution in [2.24, 2.45) is 0 Å². The van der Waals surface area contributed by atoms with Gasteiger partial charge in [-0.15, -0.1) is 0 Å². The molecule has 0 aliphatic carbocycles. The van der Waals surface area contributed by atoms with Crippen LogP contribution in [0.15, 0.2) is 24.3 Å². The van der Waals surface area contributed by atoms with E-state index in [1.165, 1.54) is 0 Å². The average Bonchev–Trinajstić information content (AvgIpc) is 2.06. The number of anilines is 1. The number of rotatable bonds is 2. The molecule has 1 aromatic carbocycles. The van der Waals surface area contributed by atoms with Crippen LogP contribution in [0.4, 0.5) is 5.69 Å². The quantitative estimate of drug-likeness (QED) is 0.403. The van der Waals surface area contributed by atoms with E-state index in [1.807, 2.05) is 18.2 Å². The van der Waals surface area contributed by atoms with Crippen LogP contribution in [0.25, 0.3) is 0 Å². The molecule has 11 heavy (non-hydrogen) atoms. The van der Waals surface area contributed by atoms with Gasteiger partial charge in [-0.3, -0.25) is 0 Å². The number of hydrogen-bond acceptors (Lipinski definition) is 2. The van der Waals surface area contributed by atoms with Crippen molar-refractivity contribution in [2.45, 2.75) is 0 Å². The molecule has 0 aliphatic rings. The number of nitriles is 1. The first-order valence-corrected chi connectivity index (χ1v) is 6.35. The molecule has 0 atom stereocenters. The van der Waals surface area contributed by atoms with E-state index < -0.39 is 0 Å². The third-order valence-electron chi connectivity index (χ3n) is 1.20. The molecule has 0 aliphatic heterocycles. The molecule has 0 aromatic heterocycles. The Morgan fingerprint density at radius 1 is 1.55 bits per heavy atom. The van der Waals surface area contributed by atoms with Crippen LogP contribution >= 0.6 is 0 Å². The SMILES string of the molecule is C[I-]Nc1cccc(C#N)c1. The molecule has 0 radical (unpaired) electrons. The third-order valence-corrected chi connectivity index (χ3v) is 2.36. The van der Waals surface area contributed by atoms with Gasteiger partial charge >= 0.3 is 76.8 Å². The van der Waals surface area contributed by atoms with Gasteiger partial charge in [-0.1, -0.05) is 0 Å². The molecule has 58 valence electrons. The molecule has 0 unspecified atom stereocenters. The minimum absolute atomic E-state index is 0.0513. The Labute approximate surface area is 76.8 Å². The monoisotopic (exact) mass is 259 g/mol. The van der Waals surface area contributed by atoms with E-state index in [4.69, 9.17) is 5.26 Å². The van der Waals surface area contributed by atoms with Gasteiger partial charge in [0.05, 0.1) is 0 Å². The van der Waals surface area contributed by atoms with Crippen LogP contribution in [0.3, 0.4) is 0 Å². The zero-order valence-electron chi connectivity index (χ0n) is 6.13. The summed E-state index contributed by atoms with van der Waals surface area (Å²) in [7, 11) is 0. The van der Waals surface area contributed by atoms with E-state index in [9.17, 15) is 0 Å². The molecular formula is C8H8IN2-. The van der Waals surface area contributed by atoms with Crippen molar-refractivity contribution in [3.63, 3.8) is 0 Å². The summed E-state index contributed by atoms with van der Waals surface area (Å²) in [6.45, 7) is 0. The number of hydrogen-bond donors (Lipinski definition) is 1. The Balaban J connectivity index is 2.85. The second kappa shape index (κ2) is 4.19. The predicted octanol–water partition coefficient (Wildman–Crippen LogP) is -1.40. The van der Waals surface area contributed by atoms with Gasteiger partial charge in [-0.05, 0) is 0 Å². The Kier molecular flexibility index (Phi) is 3.17. The van der Waals surface area contributed by atoms with Crippen LogP contribution in [-0.4, -0.2) is 4.93 Å². The molecule has 0 saturated heterocycles. The normalized spacial score (nSPS) is 9.09. The molecular weight excluding hydrogens is 251 g/mol. The number of benzene rings is 1. The Hall–Kier alpha value is -0.760. The molecule has 1 rings (SSSR count). The standard InChI is InChI=1S/C8H8IN2/c1-9-11-8-4-2-3-7(5-8)6-10/h2-5,11H,1H3/q-1. The van der Waals surface area contributed by atoms with E-state index in [0.717, 1.165) is 5.69 Å². The molecule has 0 heterocycles. The first kappa shape index (κ1) is 8.34. The number of halogens is 1. The van der Waals surface area contributed by atoms with Crippen molar-refractivity contribution in [3.05, 3.63) is 29.8 Å². The maximum atomic E-state index is 8.56. The van der Waals surface area contributed by atoms with Gasteiger partial charge in [0.2, 0.25) is 0 Å². The summed E-state index contributed by atoms with van der Waals surface area (Å²) < 4.78 is 3.24. The summed E-state index contributed by atoms with van der Waals surface area (Å²) in [5.74, 6) is 0. The molecule has 1 N–H and O–H groups in total. The first-order chi connectivity index (χ1) is 5.36. The molecule has 0 amide bonds. The zero-order valence-corrected chi connectivity index (χ0v) is 8.29. The van der Waals surface area contributed by atoms with E-state index in [-0.39, 0.29) is 21.5 Å². The molecule has 0 spiro atoms. The summed E-state index contributed by atoms with van der Waals surface area (Å²) in [6.07, 6.45) is 0.